The smallest absolute Gasteiger partial charge is 0.251 e. The molecule has 0 unspecified atom stereocenters. The van der Waals surface area contributed by atoms with Crippen LogP contribution in [0.3, 0.4) is 0 Å². The molecule has 0 bridgehead atoms. The van der Waals surface area contributed by atoms with E-state index < -0.39 is 0 Å². The molecule has 1 aromatic heterocycles. The Morgan fingerprint density at radius 3 is 2.95 bits per heavy atom. The van der Waals surface area contributed by atoms with Gasteiger partial charge in [0.2, 0.25) is 0 Å². The SMILES string of the molecule is Cc1cc(=O)[nH]c(SCCOc2ccccc2F)n1. The minimum absolute atomic E-state index is 0.176. The van der Waals surface area contributed by atoms with Crippen molar-refractivity contribution in [1.29, 1.82) is 0 Å². The fraction of sp³-hybridized carbons (Fsp3) is 0.231. The van der Waals surface area contributed by atoms with Gasteiger partial charge in [-0.2, -0.15) is 0 Å². The Hall–Kier alpha value is -1.82. The zero-order valence-electron chi connectivity index (χ0n) is 10.4. The number of halogens is 1. The summed E-state index contributed by atoms with van der Waals surface area (Å²) in [5.74, 6) is 0.421. The number of hydrogen-bond donors (Lipinski definition) is 1. The lowest BCUT2D eigenvalue weighted by atomic mass is 10.3. The molecule has 0 aliphatic heterocycles. The second kappa shape index (κ2) is 6.38. The lowest BCUT2D eigenvalue weighted by molar-refractivity contribution is 0.325. The van der Waals surface area contributed by atoms with Crippen LogP contribution >= 0.6 is 11.8 Å². The normalized spacial score (nSPS) is 10.4. The maximum atomic E-state index is 13.3. The van der Waals surface area contributed by atoms with E-state index in [1.807, 2.05) is 0 Å². The topological polar surface area (TPSA) is 55.0 Å². The van der Waals surface area contributed by atoms with Gasteiger partial charge in [-0.25, -0.2) is 9.37 Å². The van der Waals surface area contributed by atoms with Crippen molar-refractivity contribution in [1.82, 2.24) is 9.97 Å². The summed E-state index contributed by atoms with van der Waals surface area (Å²) in [4.78, 5) is 18.0. The monoisotopic (exact) mass is 280 g/mol. The number of para-hydroxylation sites is 1. The van der Waals surface area contributed by atoms with Crippen LogP contribution in [0.5, 0.6) is 5.75 Å². The summed E-state index contributed by atoms with van der Waals surface area (Å²) in [5, 5.41) is 0.544. The van der Waals surface area contributed by atoms with Crippen LogP contribution in [0.25, 0.3) is 0 Å². The minimum atomic E-state index is -0.380. The molecule has 0 atom stereocenters. The summed E-state index contributed by atoms with van der Waals surface area (Å²) in [7, 11) is 0. The Morgan fingerprint density at radius 1 is 1.42 bits per heavy atom. The number of rotatable bonds is 5. The van der Waals surface area contributed by atoms with Gasteiger partial charge in [-0.3, -0.25) is 4.79 Å². The van der Waals surface area contributed by atoms with Crippen LogP contribution in [0.2, 0.25) is 0 Å². The van der Waals surface area contributed by atoms with Crippen LogP contribution in [-0.4, -0.2) is 22.3 Å². The van der Waals surface area contributed by atoms with E-state index in [2.05, 4.69) is 9.97 Å². The lowest BCUT2D eigenvalue weighted by Gasteiger charge is -2.06. The number of thioether (sulfide) groups is 1. The molecule has 6 heteroatoms. The molecule has 2 aromatic rings. The van der Waals surface area contributed by atoms with Crippen molar-refractivity contribution in [3.8, 4) is 5.75 Å². The van der Waals surface area contributed by atoms with Crippen LogP contribution in [0, 0.1) is 12.7 Å². The van der Waals surface area contributed by atoms with E-state index in [1.54, 1.807) is 25.1 Å². The first kappa shape index (κ1) is 13.6. The molecule has 2 rings (SSSR count). The molecule has 1 N–H and O–H groups in total. The van der Waals surface area contributed by atoms with Crippen molar-refractivity contribution in [2.24, 2.45) is 0 Å². The number of ether oxygens (including phenoxy) is 1. The number of hydrogen-bond acceptors (Lipinski definition) is 4. The summed E-state index contributed by atoms with van der Waals surface area (Å²) < 4.78 is 18.6. The molecule has 0 fully saturated rings. The zero-order valence-corrected chi connectivity index (χ0v) is 11.2. The largest absolute Gasteiger partial charge is 0.490 e. The lowest BCUT2D eigenvalue weighted by Crippen LogP contribution is -2.09. The van der Waals surface area contributed by atoms with E-state index in [1.165, 1.54) is 23.9 Å². The van der Waals surface area contributed by atoms with Gasteiger partial charge in [0.15, 0.2) is 16.7 Å². The molecule has 0 aliphatic carbocycles. The maximum Gasteiger partial charge on any atom is 0.251 e. The van der Waals surface area contributed by atoms with Crippen molar-refractivity contribution in [3.63, 3.8) is 0 Å². The van der Waals surface area contributed by atoms with Gasteiger partial charge in [0.05, 0.1) is 6.61 Å². The van der Waals surface area contributed by atoms with Crippen molar-refractivity contribution < 1.29 is 9.13 Å². The average molecular weight is 280 g/mol. The third-order valence-corrected chi connectivity index (χ3v) is 3.10. The van der Waals surface area contributed by atoms with Crippen molar-refractivity contribution in [3.05, 3.63) is 52.2 Å². The molecule has 1 heterocycles. The summed E-state index contributed by atoms with van der Waals surface area (Å²) >= 11 is 1.36. The standard InChI is InChI=1S/C13H13FN2O2S/c1-9-8-12(17)16-13(15-9)19-7-6-18-11-5-3-2-4-10(11)14/h2-5,8H,6-7H2,1H3,(H,15,16,17). The molecule has 0 spiro atoms. The number of aromatic amines is 1. The number of nitrogens with zero attached hydrogens (tertiary/aromatic N) is 1. The number of H-pyrrole nitrogens is 1. The zero-order chi connectivity index (χ0) is 13.7. The second-order valence-corrected chi connectivity index (χ2v) is 4.90. The summed E-state index contributed by atoms with van der Waals surface area (Å²) in [6, 6.07) is 7.68. The van der Waals surface area contributed by atoms with Crippen LogP contribution < -0.4 is 10.3 Å². The molecular formula is C13H13FN2O2S. The highest BCUT2D eigenvalue weighted by Gasteiger charge is 2.02. The highest BCUT2D eigenvalue weighted by atomic mass is 32.2. The Bertz CT molecular complexity index is 616. The summed E-state index contributed by atoms with van der Waals surface area (Å²) in [6.07, 6.45) is 0. The molecule has 100 valence electrons. The van der Waals surface area contributed by atoms with Crippen molar-refractivity contribution in [2.45, 2.75) is 12.1 Å². The highest BCUT2D eigenvalue weighted by Crippen LogP contribution is 2.16. The predicted octanol–water partition coefficient (Wildman–Crippen LogP) is 2.39. The number of aryl methyl sites for hydroxylation is 1. The first-order valence-corrected chi connectivity index (χ1v) is 6.72. The third kappa shape index (κ3) is 4.10. The number of benzene rings is 1. The quantitative estimate of drug-likeness (QED) is 0.519. The molecular weight excluding hydrogens is 267 g/mol. The van der Waals surface area contributed by atoms with Crippen LogP contribution in [-0.2, 0) is 0 Å². The average Bonchev–Trinajstić information content (AvgIpc) is 2.35. The highest BCUT2D eigenvalue weighted by molar-refractivity contribution is 7.99. The van der Waals surface area contributed by atoms with E-state index in [4.69, 9.17) is 4.74 Å². The molecule has 4 nitrogen and oxygen atoms in total. The molecule has 0 saturated heterocycles. The van der Waals surface area contributed by atoms with Crippen molar-refractivity contribution >= 4 is 11.8 Å². The van der Waals surface area contributed by atoms with Gasteiger partial charge in [-0.15, -0.1) is 0 Å². The van der Waals surface area contributed by atoms with Crippen LogP contribution in [0.4, 0.5) is 4.39 Å². The predicted molar refractivity (Wildman–Crippen MR) is 72.2 cm³/mol. The first-order chi connectivity index (χ1) is 9.15. The molecule has 0 radical (unpaired) electrons. The Balaban J connectivity index is 1.84. The Kier molecular flexibility index (Phi) is 4.57. The van der Waals surface area contributed by atoms with Gasteiger partial charge in [0.1, 0.15) is 0 Å². The van der Waals surface area contributed by atoms with E-state index in [0.29, 0.717) is 23.2 Å². The first-order valence-electron chi connectivity index (χ1n) is 5.73. The third-order valence-electron chi connectivity index (χ3n) is 2.26. The van der Waals surface area contributed by atoms with Crippen LogP contribution in [0.1, 0.15) is 5.69 Å². The summed E-state index contributed by atoms with van der Waals surface area (Å²) in [6.45, 7) is 2.10. The summed E-state index contributed by atoms with van der Waals surface area (Å²) in [5.41, 5.74) is 0.492. The molecule has 1 aromatic carbocycles. The Labute approximate surface area is 114 Å². The fourth-order valence-corrected chi connectivity index (χ4v) is 2.21. The van der Waals surface area contributed by atoms with Gasteiger partial charge in [0, 0.05) is 17.5 Å². The van der Waals surface area contributed by atoms with E-state index in [-0.39, 0.29) is 17.1 Å². The number of nitrogens with one attached hydrogen (secondary N) is 1. The number of aromatic nitrogens is 2. The van der Waals surface area contributed by atoms with Gasteiger partial charge in [0.25, 0.3) is 5.56 Å². The minimum Gasteiger partial charge on any atom is -0.490 e. The second-order valence-electron chi connectivity index (χ2n) is 3.82. The van der Waals surface area contributed by atoms with E-state index >= 15 is 0 Å². The molecule has 0 saturated carbocycles. The maximum absolute atomic E-state index is 13.3. The van der Waals surface area contributed by atoms with E-state index in [9.17, 15) is 9.18 Å². The fourth-order valence-electron chi connectivity index (χ4n) is 1.47. The van der Waals surface area contributed by atoms with Crippen LogP contribution in [0.15, 0.2) is 40.3 Å². The van der Waals surface area contributed by atoms with Gasteiger partial charge < -0.3 is 9.72 Å². The molecule has 19 heavy (non-hydrogen) atoms. The Morgan fingerprint density at radius 2 is 2.21 bits per heavy atom. The molecule has 0 amide bonds. The molecule has 0 aliphatic rings. The van der Waals surface area contributed by atoms with Gasteiger partial charge >= 0.3 is 0 Å². The van der Waals surface area contributed by atoms with E-state index in [0.717, 1.165) is 0 Å². The van der Waals surface area contributed by atoms with Crippen molar-refractivity contribution in [2.75, 3.05) is 12.4 Å². The van der Waals surface area contributed by atoms with Gasteiger partial charge in [-0.05, 0) is 19.1 Å². The van der Waals surface area contributed by atoms with Gasteiger partial charge in [-0.1, -0.05) is 23.9 Å².